The third-order valence-electron chi connectivity index (χ3n) is 2.38. The summed E-state index contributed by atoms with van der Waals surface area (Å²) in [6, 6.07) is 7.70. The molecular weight excluding hydrogens is 289 g/mol. The highest BCUT2D eigenvalue weighted by atomic mass is 35.5. The molecule has 98 valence electrons. The maximum atomic E-state index is 11.7. The molecule has 0 bridgehead atoms. The second kappa shape index (κ2) is 5.91. The van der Waals surface area contributed by atoms with Crippen LogP contribution in [0, 0.1) is 0 Å². The zero-order valence-corrected chi connectivity index (χ0v) is 11.2. The van der Waals surface area contributed by atoms with Crippen molar-refractivity contribution in [2.45, 2.75) is 0 Å². The van der Waals surface area contributed by atoms with Gasteiger partial charge in [0.05, 0.1) is 16.3 Å². The average Bonchev–Trinajstić information content (AvgIpc) is 2.89. The zero-order valence-electron chi connectivity index (χ0n) is 9.65. The summed E-state index contributed by atoms with van der Waals surface area (Å²) < 4.78 is 4.90. The fourth-order valence-corrected chi connectivity index (χ4v) is 1.93. The van der Waals surface area contributed by atoms with Gasteiger partial charge in [0.2, 0.25) is 5.78 Å². The molecule has 0 saturated heterocycles. The maximum Gasteiger partial charge on any atom is 0.340 e. The third-order valence-corrected chi connectivity index (χ3v) is 2.93. The molecule has 1 aromatic heterocycles. The predicted octanol–water partition coefficient (Wildman–Crippen LogP) is 3.36. The van der Waals surface area contributed by atoms with E-state index in [-0.39, 0.29) is 23.0 Å². The number of ether oxygens (including phenoxy) is 1. The van der Waals surface area contributed by atoms with Crippen molar-refractivity contribution in [3.63, 3.8) is 0 Å². The van der Waals surface area contributed by atoms with Crippen molar-refractivity contribution in [1.82, 2.24) is 4.98 Å². The van der Waals surface area contributed by atoms with E-state index in [1.54, 1.807) is 18.3 Å². The molecule has 0 saturated carbocycles. The lowest BCUT2D eigenvalue weighted by Gasteiger charge is -2.05. The number of carbonyl (C=O) groups is 2. The standard InChI is InChI=1S/C13H9Cl2NO3/c14-8-3-4-9(10(15)6-8)13(18)19-7-12(17)11-2-1-5-16-11/h1-6,16H,7H2. The highest BCUT2D eigenvalue weighted by molar-refractivity contribution is 6.36. The summed E-state index contributed by atoms with van der Waals surface area (Å²) in [5, 5.41) is 0.605. The summed E-state index contributed by atoms with van der Waals surface area (Å²) in [5.41, 5.74) is 0.556. The normalized spacial score (nSPS) is 10.2. The van der Waals surface area contributed by atoms with Crippen LogP contribution in [0.25, 0.3) is 0 Å². The molecule has 0 amide bonds. The number of hydrogen-bond donors (Lipinski definition) is 1. The van der Waals surface area contributed by atoms with Crippen LogP contribution in [-0.4, -0.2) is 23.3 Å². The molecule has 0 aliphatic carbocycles. The van der Waals surface area contributed by atoms with Gasteiger partial charge >= 0.3 is 5.97 Å². The van der Waals surface area contributed by atoms with Crippen LogP contribution in [0.2, 0.25) is 10.0 Å². The third kappa shape index (κ3) is 3.36. The molecule has 2 rings (SSSR count). The van der Waals surface area contributed by atoms with Crippen LogP contribution in [0.15, 0.2) is 36.5 Å². The van der Waals surface area contributed by atoms with Gasteiger partial charge in [-0.2, -0.15) is 0 Å². The first-order chi connectivity index (χ1) is 9.08. The molecule has 0 spiro atoms. The monoisotopic (exact) mass is 297 g/mol. The molecule has 1 heterocycles. The van der Waals surface area contributed by atoms with Crippen LogP contribution in [0.4, 0.5) is 0 Å². The molecule has 1 N–H and O–H groups in total. The number of halogens is 2. The van der Waals surface area contributed by atoms with E-state index in [9.17, 15) is 9.59 Å². The van der Waals surface area contributed by atoms with Crippen LogP contribution in [-0.2, 0) is 4.74 Å². The number of aromatic nitrogens is 1. The van der Waals surface area contributed by atoms with Crippen molar-refractivity contribution >= 4 is 35.0 Å². The Bertz CT molecular complexity index is 608. The highest BCUT2D eigenvalue weighted by Crippen LogP contribution is 2.21. The van der Waals surface area contributed by atoms with Gasteiger partial charge < -0.3 is 9.72 Å². The van der Waals surface area contributed by atoms with Crippen molar-refractivity contribution in [1.29, 1.82) is 0 Å². The van der Waals surface area contributed by atoms with Crippen molar-refractivity contribution in [2.75, 3.05) is 6.61 Å². The zero-order chi connectivity index (χ0) is 13.8. The molecule has 1 aromatic carbocycles. The first kappa shape index (κ1) is 13.6. The predicted molar refractivity (Wildman–Crippen MR) is 71.9 cm³/mol. The first-order valence-electron chi connectivity index (χ1n) is 5.36. The summed E-state index contributed by atoms with van der Waals surface area (Å²) in [4.78, 5) is 26.1. The van der Waals surface area contributed by atoms with Gasteiger partial charge in [-0.1, -0.05) is 23.2 Å². The molecule has 0 atom stereocenters. The number of rotatable bonds is 4. The minimum atomic E-state index is -0.665. The number of Topliss-reactive ketones (excluding diaryl/α,β-unsaturated/α-hetero) is 1. The molecule has 0 unspecified atom stereocenters. The topological polar surface area (TPSA) is 59.2 Å². The number of ketones is 1. The van der Waals surface area contributed by atoms with Gasteiger partial charge in [-0.25, -0.2) is 4.79 Å². The SMILES string of the molecule is O=C(COC(=O)c1ccc(Cl)cc1Cl)c1ccc[nH]1. The Hall–Kier alpha value is -1.78. The van der Waals surface area contributed by atoms with E-state index in [2.05, 4.69) is 4.98 Å². The smallest absolute Gasteiger partial charge is 0.340 e. The Morgan fingerprint density at radius 1 is 1.21 bits per heavy atom. The average molecular weight is 298 g/mol. The molecule has 2 aromatic rings. The summed E-state index contributed by atoms with van der Waals surface area (Å²) in [5.74, 6) is -0.981. The van der Waals surface area contributed by atoms with Gasteiger partial charge in [0.15, 0.2) is 6.61 Å². The molecule has 0 fully saturated rings. The number of carbonyl (C=O) groups excluding carboxylic acids is 2. The Morgan fingerprint density at radius 2 is 2.00 bits per heavy atom. The van der Waals surface area contributed by atoms with Gasteiger partial charge in [-0.05, 0) is 30.3 Å². The summed E-state index contributed by atoms with van der Waals surface area (Å²) >= 11 is 11.6. The number of aromatic amines is 1. The fourth-order valence-electron chi connectivity index (χ4n) is 1.45. The first-order valence-corrected chi connectivity index (χ1v) is 6.12. The Kier molecular flexibility index (Phi) is 4.24. The van der Waals surface area contributed by atoms with Crippen LogP contribution < -0.4 is 0 Å². The van der Waals surface area contributed by atoms with Gasteiger partial charge in [0.25, 0.3) is 0 Å². The van der Waals surface area contributed by atoms with E-state index >= 15 is 0 Å². The van der Waals surface area contributed by atoms with E-state index in [4.69, 9.17) is 27.9 Å². The number of nitrogens with one attached hydrogen (secondary N) is 1. The number of benzene rings is 1. The fraction of sp³-hybridized carbons (Fsp3) is 0.0769. The van der Waals surface area contributed by atoms with Crippen molar-refractivity contribution in [2.24, 2.45) is 0 Å². The number of hydrogen-bond acceptors (Lipinski definition) is 3. The minimum Gasteiger partial charge on any atom is -0.454 e. The maximum absolute atomic E-state index is 11.7. The molecule has 0 radical (unpaired) electrons. The van der Waals surface area contributed by atoms with Gasteiger partial charge in [-0.3, -0.25) is 4.79 Å². The Balaban J connectivity index is 2.00. The lowest BCUT2D eigenvalue weighted by molar-refractivity contribution is 0.0474. The molecule has 0 aliphatic heterocycles. The largest absolute Gasteiger partial charge is 0.454 e. The van der Waals surface area contributed by atoms with Crippen molar-refractivity contribution < 1.29 is 14.3 Å². The van der Waals surface area contributed by atoms with Crippen LogP contribution in [0.5, 0.6) is 0 Å². The molecule has 0 aliphatic rings. The summed E-state index contributed by atoms with van der Waals surface area (Å²) in [6.45, 7) is -0.349. The van der Waals surface area contributed by atoms with Gasteiger partial charge in [0, 0.05) is 11.2 Å². The van der Waals surface area contributed by atoms with Gasteiger partial charge in [-0.15, -0.1) is 0 Å². The van der Waals surface area contributed by atoms with E-state index < -0.39 is 5.97 Å². The van der Waals surface area contributed by atoms with E-state index in [1.165, 1.54) is 18.2 Å². The van der Waals surface area contributed by atoms with E-state index in [0.717, 1.165) is 0 Å². The second-order valence-electron chi connectivity index (χ2n) is 3.71. The Labute approximate surface area is 119 Å². The van der Waals surface area contributed by atoms with E-state index in [1.807, 2.05) is 0 Å². The summed E-state index contributed by atoms with van der Waals surface area (Å²) in [7, 11) is 0. The van der Waals surface area contributed by atoms with Crippen LogP contribution >= 0.6 is 23.2 Å². The minimum absolute atomic E-state index is 0.172. The van der Waals surface area contributed by atoms with Gasteiger partial charge in [0.1, 0.15) is 0 Å². The quantitative estimate of drug-likeness (QED) is 0.695. The molecule has 6 heteroatoms. The lowest BCUT2D eigenvalue weighted by Crippen LogP contribution is -2.14. The molecular formula is C13H9Cl2NO3. The Morgan fingerprint density at radius 3 is 2.63 bits per heavy atom. The lowest BCUT2D eigenvalue weighted by atomic mass is 10.2. The van der Waals surface area contributed by atoms with Crippen LogP contribution in [0.1, 0.15) is 20.8 Å². The van der Waals surface area contributed by atoms with Crippen LogP contribution in [0.3, 0.4) is 0 Å². The molecule has 19 heavy (non-hydrogen) atoms. The van der Waals surface area contributed by atoms with E-state index in [0.29, 0.717) is 10.7 Å². The highest BCUT2D eigenvalue weighted by Gasteiger charge is 2.15. The molecule has 4 nitrogen and oxygen atoms in total. The second-order valence-corrected chi connectivity index (χ2v) is 4.55. The summed E-state index contributed by atoms with van der Waals surface area (Å²) in [6.07, 6.45) is 1.62. The van der Waals surface area contributed by atoms with Crippen molar-refractivity contribution in [3.8, 4) is 0 Å². The number of H-pyrrole nitrogens is 1. The number of esters is 1. The van der Waals surface area contributed by atoms with Crippen molar-refractivity contribution in [3.05, 3.63) is 57.8 Å².